The molecule has 2 aromatic rings. The second-order valence-electron chi connectivity index (χ2n) is 7.75. The van der Waals surface area contributed by atoms with Crippen LogP contribution in [0.25, 0.3) is 10.9 Å². The molecule has 0 amide bonds. The van der Waals surface area contributed by atoms with Crippen LogP contribution in [-0.2, 0) is 11.3 Å². The predicted octanol–water partition coefficient (Wildman–Crippen LogP) is 1.90. The van der Waals surface area contributed by atoms with Gasteiger partial charge in [0.2, 0.25) is 0 Å². The molecule has 2 aliphatic rings. The summed E-state index contributed by atoms with van der Waals surface area (Å²) in [7, 11) is 2.03. The average Bonchev–Trinajstić information content (AvgIpc) is 2.62. The van der Waals surface area contributed by atoms with E-state index in [9.17, 15) is 14.7 Å². The third kappa shape index (κ3) is 2.83. The van der Waals surface area contributed by atoms with Crippen LogP contribution in [0.4, 0.5) is 0 Å². The van der Waals surface area contributed by atoms with Gasteiger partial charge in [0, 0.05) is 41.8 Å². The van der Waals surface area contributed by atoms with Crippen LogP contribution in [0.5, 0.6) is 0 Å². The lowest BCUT2D eigenvalue weighted by atomic mass is 9.68. The Hall–Kier alpha value is -2.18. The molecular formula is C20H25N3O3. The molecule has 0 radical (unpaired) electrons. The highest BCUT2D eigenvalue weighted by Gasteiger charge is 2.52. The number of carboxylic acid groups (broad SMARTS) is 1. The first-order valence-corrected chi connectivity index (χ1v) is 9.26. The van der Waals surface area contributed by atoms with Crippen molar-refractivity contribution in [1.82, 2.24) is 14.8 Å². The molecular weight excluding hydrogens is 330 g/mol. The van der Waals surface area contributed by atoms with Gasteiger partial charge in [-0.2, -0.15) is 0 Å². The molecule has 6 nitrogen and oxygen atoms in total. The molecule has 0 spiro atoms. The largest absolute Gasteiger partial charge is 0.481 e. The molecule has 2 atom stereocenters. The van der Waals surface area contributed by atoms with E-state index in [1.165, 1.54) is 0 Å². The number of fused-ring (bicyclic) bond motifs is 2. The Balaban J connectivity index is 1.57. The number of H-pyrrole nitrogens is 1. The molecule has 2 saturated heterocycles. The van der Waals surface area contributed by atoms with E-state index in [1.807, 2.05) is 31.3 Å². The van der Waals surface area contributed by atoms with Gasteiger partial charge in [0.1, 0.15) is 0 Å². The molecule has 26 heavy (non-hydrogen) atoms. The molecule has 0 aliphatic carbocycles. The van der Waals surface area contributed by atoms with E-state index in [-0.39, 0.29) is 11.5 Å². The Labute approximate surface area is 152 Å². The molecule has 1 aromatic heterocycles. The van der Waals surface area contributed by atoms with Crippen LogP contribution in [0.1, 0.15) is 25.0 Å². The van der Waals surface area contributed by atoms with E-state index in [2.05, 4.69) is 14.8 Å². The normalized spacial score (nSPS) is 27.3. The molecule has 1 aromatic carbocycles. The number of nitrogens with zero attached hydrogens (tertiary/aromatic N) is 2. The van der Waals surface area contributed by atoms with Gasteiger partial charge < -0.3 is 15.0 Å². The topological polar surface area (TPSA) is 76.6 Å². The van der Waals surface area contributed by atoms with Crippen molar-refractivity contribution in [3.8, 4) is 0 Å². The van der Waals surface area contributed by atoms with Crippen molar-refractivity contribution in [1.29, 1.82) is 0 Å². The van der Waals surface area contributed by atoms with Gasteiger partial charge in [-0.3, -0.25) is 14.5 Å². The summed E-state index contributed by atoms with van der Waals surface area (Å²) < 4.78 is 0. The molecule has 0 bridgehead atoms. The number of hydrogen-bond donors (Lipinski definition) is 2. The lowest BCUT2D eigenvalue weighted by Crippen LogP contribution is -2.62. The van der Waals surface area contributed by atoms with Crippen molar-refractivity contribution in [2.45, 2.75) is 31.8 Å². The van der Waals surface area contributed by atoms with Crippen LogP contribution < -0.4 is 5.43 Å². The van der Waals surface area contributed by atoms with Crippen molar-refractivity contribution in [3.05, 3.63) is 46.2 Å². The van der Waals surface area contributed by atoms with Crippen molar-refractivity contribution in [2.75, 3.05) is 26.7 Å². The van der Waals surface area contributed by atoms with E-state index in [1.54, 1.807) is 6.07 Å². The molecule has 6 heteroatoms. The minimum atomic E-state index is -0.659. The summed E-state index contributed by atoms with van der Waals surface area (Å²) >= 11 is 0. The standard InChI is InChI=1S/C20H25N3O3/c1-22-9-4-7-20(19(25)26)8-10-23(13-18(20)22)12-14-11-17(24)15-5-2-3-6-16(15)21-14/h2-3,5-6,11,18H,4,7-10,12-13H2,1H3,(H,21,24)(H,25,26)/t18-,20+/m1/s1. The fraction of sp³-hybridized carbons (Fsp3) is 0.500. The molecule has 138 valence electrons. The van der Waals surface area contributed by atoms with Gasteiger partial charge in [-0.05, 0) is 51.5 Å². The first-order chi connectivity index (χ1) is 12.5. The third-order valence-electron chi connectivity index (χ3n) is 6.22. The monoisotopic (exact) mass is 355 g/mol. The summed E-state index contributed by atoms with van der Waals surface area (Å²) in [5, 5.41) is 10.6. The summed E-state index contributed by atoms with van der Waals surface area (Å²) in [6.45, 7) is 3.05. The highest BCUT2D eigenvalue weighted by Crippen LogP contribution is 2.42. The summed E-state index contributed by atoms with van der Waals surface area (Å²) in [5.41, 5.74) is 1.14. The number of aliphatic carboxylic acids is 1. The second kappa shape index (κ2) is 6.52. The number of likely N-dealkylation sites (tertiary alicyclic amines) is 2. The number of carboxylic acids is 1. The fourth-order valence-electron chi connectivity index (χ4n) is 4.77. The van der Waals surface area contributed by atoms with Gasteiger partial charge in [0.05, 0.1) is 5.41 Å². The lowest BCUT2D eigenvalue weighted by Gasteiger charge is -2.51. The van der Waals surface area contributed by atoms with Crippen molar-refractivity contribution in [2.24, 2.45) is 5.41 Å². The third-order valence-corrected chi connectivity index (χ3v) is 6.22. The number of benzene rings is 1. The van der Waals surface area contributed by atoms with E-state index in [4.69, 9.17) is 0 Å². The van der Waals surface area contributed by atoms with Gasteiger partial charge in [-0.15, -0.1) is 0 Å². The van der Waals surface area contributed by atoms with E-state index in [0.717, 1.165) is 43.7 Å². The van der Waals surface area contributed by atoms with Crippen molar-refractivity contribution < 1.29 is 9.90 Å². The number of carbonyl (C=O) groups is 1. The quantitative estimate of drug-likeness (QED) is 0.879. The zero-order valence-corrected chi connectivity index (χ0v) is 15.1. The number of para-hydroxylation sites is 1. The maximum atomic E-state index is 12.3. The molecule has 0 saturated carbocycles. The van der Waals surface area contributed by atoms with Crippen molar-refractivity contribution in [3.63, 3.8) is 0 Å². The fourth-order valence-corrected chi connectivity index (χ4v) is 4.77. The molecule has 2 N–H and O–H groups in total. The number of likely N-dealkylation sites (N-methyl/N-ethyl adjacent to an activating group) is 1. The van der Waals surface area contributed by atoms with Crippen LogP contribution >= 0.6 is 0 Å². The Bertz CT molecular complexity index is 893. The number of hydrogen-bond acceptors (Lipinski definition) is 4. The minimum absolute atomic E-state index is 0.0229. The SMILES string of the molecule is CN1CCC[C@]2(C(=O)O)CCN(Cc3cc(=O)c4ccccc4[nH]3)C[C@@H]12. The Morgan fingerprint density at radius 2 is 2.12 bits per heavy atom. The summed E-state index contributed by atoms with van der Waals surface area (Å²) in [5.74, 6) is -0.659. The average molecular weight is 355 g/mol. The van der Waals surface area contributed by atoms with Gasteiger partial charge >= 0.3 is 5.97 Å². The second-order valence-corrected chi connectivity index (χ2v) is 7.75. The zero-order valence-electron chi connectivity index (χ0n) is 15.1. The molecule has 2 aliphatic heterocycles. The molecule has 2 fully saturated rings. The minimum Gasteiger partial charge on any atom is -0.481 e. The zero-order chi connectivity index (χ0) is 18.3. The van der Waals surface area contributed by atoms with Crippen LogP contribution in [0, 0.1) is 5.41 Å². The lowest BCUT2D eigenvalue weighted by molar-refractivity contribution is -0.162. The number of rotatable bonds is 3. The molecule has 0 unspecified atom stereocenters. The van der Waals surface area contributed by atoms with Crippen LogP contribution in [0.15, 0.2) is 35.1 Å². The smallest absolute Gasteiger partial charge is 0.311 e. The number of nitrogens with one attached hydrogen (secondary N) is 1. The number of pyridine rings is 1. The predicted molar refractivity (Wildman–Crippen MR) is 100 cm³/mol. The number of aromatic amines is 1. The van der Waals surface area contributed by atoms with Gasteiger partial charge in [0.15, 0.2) is 5.43 Å². The summed E-state index contributed by atoms with van der Waals surface area (Å²) in [4.78, 5) is 32.2. The van der Waals surface area contributed by atoms with Crippen LogP contribution in [0.2, 0.25) is 0 Å². The summed E-state index contributed by atoms with van der Waals surface area (Å²) in [6, 6.07) is 9.23. The van der Waals surface area contributed by atoms with Gasteiger partial charge in [-0.25, -0.2) is 0 Å². The van der Waals surface area contributed by atoms with Gasteiger partial charge in [0.25, 0.3) is 0 Å². The highest BCUT2D eigenvalue weighted by molar-refractivity contribution is 5.78. The first-order valence-electron chi connectivity index (χ1n) is 9.26. The Morgan fingerprint density at radius 3 is 2.92 bits per heavy atom. The highest BCUT2D eigenvalue weighted by atomic mass is 16.4. The maximum absolute atomic E-state index is 12.3. The number of aromatic nitrogens is 1. The van der Waals surface area contributed by atoms with Gasteiger partial charge in [-0.1, -0.05) is 12.1 Å². The Kier molecular flexibility index (Phi) is 4.32. The molecule has 3 heterocycles. The van der Waals surface area contributed by atoms with E-state index in [0.29, 0.717) is 18.4 Å². The van der Waals surface area contributed by atoms with Crippen LogP contribution in [0.3, 0.4) is 0 Å². The van der Waals surface area contributed by atoms with Crippen molar-refractivity contribution >= 4 is 16.9 Å². The first kappa shape index (κ1) is 17.2. The van der Waals surface area contributed by atoms with E-state index < -0.39 is 11.4 Å². The summed E-state index contributed by atoms with van der Waals surface area (Å²) in [6.07, 6.45) is 2.37. The molecule has 4 rings (SSSR count). The Morgan fingerprint density at radius 1 is 1.31 bits per heavy atom. The van der Waals surface area contributed by atoms with E-state index >= 15 is 0 Å². The maximum Gasteiger partial charge on any atom is 0.311 e. The van der Waals surface area contributed by atoms with Crippen LogP contribution in [-0.4, -0.2) is 58.6 Å². The number of piperidine rings is 2.